The van der Waals surface area contributed by atoms with Crippen molar-refractivity contribution < 1.29 is 30.7 Å². The molecule has 0 fully saturated rings. The Kier molecular flexibility index (Phi) is 5.10. The third kappa shape index (κ3) is 3.07. The van der Waals surface area contributed by atoms with Gasteiger partial charge in [0.25, 0.3) is 5.56 Å². The average Bonchev–Trinajstić information content (AvgIpc) is 3.03. The second-order valence-electron chi connectivity index (χ2n) is 5.10. The minimum Gasteiger partial charge on any atom is -0.369 e. The van der Waals surface area contributed by atoms with Gasteiger partial charge in [0, 0.05) is 5.56 Å². The second-order valence-corrected chi connectivity index (χ2v) is 5.10. The summed E-state index contributed by atoms with van der Waals surface area (Å²) in [6.07, 6.45) is -1.07. The summed E-state index contributed by atoms with van der Waals surface area (Å²) in [6.45, 7) is 0. The number of benzene rings is 1. The van der Waals surface area contributed by atoms with E-state index in [0.717, 1.165) is 6.33 Å². The molecule has 0 radical (unpaired) electrons. The zero-order valence-electron chi connectivity index (χ0n) is 12.7. The number of aromatic nitrogens is 4. The first-order chi connectivity index (χ1) is 12.1. The van der Waals surface area contributed by atoms with Crippen molar-refractivity contribution in [3.8, 4) is 0 Å². The third-order valence-corrected chi connectivity index (χ3v) is 3.50. The number of hydrogen-bond donors (Lipinski definition) is 2. The van der Waals surface area contributed by atoms with Gasteiger partial charge in [0.2, 0.25) is 11.8 Å². The molecule has 0 spiro atoms. The monoisotopic (exact) mass is 417 g/mol. The molecule has 0 atom stereocenters. The molecule has 146 valence electrons. The second kappa shape index (κ2) is 6.72. The van der Waals surface area contributed by atoms with Gasteiger partial charge in [0.05, 0.1) is 12.7 Å². The summed E-state index contributed by atoms with van der Waals surface area (Å²) >= 11 is 0. The van der Waals surface area contributed by atoms with Crippen LogP contribution in [0.15, 0.2) is 11.1 Å². The van der Waals surface area contributed by atoms with Gasteiger partial charge in [-0.3, -0.25) is 4.79 Å². The van der Waals surface area contributed by atoms with Crippen LogP contribution >= 0.6 is 12.4 Å². The molecule has 0 amide bonds. The van der Waals surface area contributed by atoms with E-state index in [1.54, 1.807) is 0 Å². The first-order valence-electron chi connectivity index (χ1n) is 6.66. The van der Waals surface area contributed by atoms with Crippen LogP contribution < -0.4 is 11.3 Å². The highest BCUT2D eigenvalue weighted by Crippen LogP contribution is 2.32. The van der Waals surface area contributed by atoms with E-state index < -0.39 is 68.7 Å². The maximum Gasteiger partial charge on any atom is 0.338 e. The lowest BCUT2D eigenvalue weighted by molar-refractivity contribution is -0.0830. The summed E-state index contributed by atoms with van der Waals surface area (Å²) in [7, 11) is 0. The maximum atomic E-state index is 14.5. The van der Waals surface area contributed by atoms with Crippen LogP contribution in [0, 0.1) is 29.1 Å². The van der Waals surface area contributed by atoms with Crippen molar-refractivity contribution in [3.05, 3.63) is 51.3 Å². The number of fused-ring (bicyclic) bond motifs is 1. The predicted octanol–water partition coefficient (Wildman–Crippen LogP) is 2.61. The van der Waals surface area contributed by atoms with E-state index >= 15 is 0 Å². The van der Waals surface area contributed by atoms with E-state index in [1.165, 1.54) is 0 Å². The normalized spacial score (nSPS) is 11.7. The highest BCUT2D eigenvalue weighted by Gasteiger charge is 2.40. The Hall–Kier alpha value is -2.83. The molecule has 0 bridgehead atoms. The Morgan fingerprint density at radius 2 is 1.56 bits per heavy atom. The Morgan fingerprint density at radius 3 is 2.11 bits per heavy atom. The fourth-order valence-electron chi connectivity index (χ4n) is 2.32. The molecule has 1 aromatic carbocycles. The Labute approximate surface area is 150 Å². The number of rotatable bonds is 3. The van der Waals surface area contributed by atoms with Crippen molar-refractivity contribution in [3.63, 3.8) is 0 Å². The SMILES string of the molecule is Cl.Nc1nc2nc[nH]c2c(=O)n1C(F)(F)Cc1c(F)c(F)c(F)c(F)c1F. The number of anilines is 1. The Balaban J connectivity index is 0.00000261. The number of nitrogens with one attached hydrogen (secondary N) is 1. The number of hydrogen-bond acceptors (Lipinski definition) is 4. The van der Waals surface area contributed by atoms with Gasteiger partial charge in [-0.15, -0.1) is 12.4 Å². The molecule has 3 aromatic rings. The van der Waals surface area contributed by atoms with Gasteiger partial charge in [-0.05, 0) is 0 Å². The molecule has 2 heterocycles. The van der Waals surface area contributed by atoms with Crippen LogP contribution in [0.25, 0.3) is 11.2 Å². The number of imidazole rings is 1. The standard InChI is InChI=1S/C13H6F7N5O.ClH/c14-4-3(5(15)7(17)8(18)6(4)16)1-13(19,20)25-11(26)9-10(23-2-22-9)24-12(25)21;/h2H,1H2,(H2,21,24)(H,22,23);1H. The van der Waals surface area contributed by atoms with E-state index in [0.29, 0.717) is 0 Å². The van der Waals surface area contributed by atoms with Crippen molar-refractivity contribution in [2.45, 2.75) is 12.5 Å². The minimum atomic E-state index is -4.47. The molecule has 0 aliphatic rings. The summed E-state index contributed by atoms with van der Waals surface area (Å²) in [5.74, 6) is -13.2. The van der Waals surface area contributed by atoms with E-state index in [4.69, 9.17) is 5.73 Å². The van der Waals surface area contributed by atoms with Gasteiger partial charge >= 0.3 is 6.05 Å². The lowest BCUT2D eigenvalue weighted by atomic mass is 10.1. The lowest BCUT2D eigenvalue weighted by Gasteiger charge is -2.21. The van der Waals surface area contributed by atoms with Crippen LogP contribution in [-0.2, 0) is 12.5 Å². The van der Waals surface area contributed by atoms with E-state index in [-0.39, 0.29) is 18.1 Å². The molecular weight excluding hydrogens is 411 g/mol. The molecule has 27 heavy (non-hydrogen) atoms. The zero-order chi connectivity index (χ0) is 19.4. The van der Waals surface area contributed by atoms with Crippen molar-refractivity contribution in [1.82, 2.24) is 19.5 Å². The summed E-state index contributed by atoms with van der Waals surface area (Å²) in [4.78, 5) is 21.3. The highest BCUT2D eigenvalue weighted by molar-refractivity contribution is 5.85. The Morgan fingerprint density at radius 1 is 1.04 bits per heavy atom. The first kappa shape index (κ1) is 20.5. The number of halogens is 8. The van der Waals surface area contributed by atoms with Gasteiger partial charge in [-0.2, -0.15) is 13.8 Å². The highest BCUT2D eigenvalue weighted by atomic mass is 35.5. The van der Waals surface area contributed by atoms with Crippen LogP contribution in [0.2, 0.25) is 0 Å². The molecule has 14 heteroatoms. The van der Waals surface area contributed by atoms with Gasteiger partial charge in [-0.25, -0.2) is 31.5 Å². The third-order valence-electron chi connectivity index (χ3n) is 3.50. The molecule has 0 saturated carbocycles. The average molecular weight is 418 g/mol. The van der Waals surface area contributed by atoms with Gasteiger partial charge < -0.3 is 10.7 Å². The molecule has 0 saturated heterocycles. The summed E-state index contributed by atoms with van der Waals surface area (Å²) in [5, 5.41) is 0. The van der Waals surface area contributed by atoms with E-state index in [2.05, 4.69) is 15.0 Å². The van der Waals surface area contributed by atoms with Crippen molar-refractivity contribution in [2.24, 2.45) is 0 Å². The van der Waals surface area contributed by atoms with Crippen LogP contribution in [-0.4, -0.2) is 19.5 Å². The number of H-pyrrole nitrogens is 1. The summed E-state index contributed by atoms with van der Waals surface area (Å²) in [6, 6.07) is -4.47. The molecular formula is C13H7ClF7N5O. The number of aromatic amines is 1. The molecule has 3 rings (SSSR count). The number of alkyl halides is 2. The van der Waals surface area contributed by atoms with Gasteiger partial charge in [0.15, 0.2) is 34.4 Å². The lowest BCUT2D eigenvalue weighted by Crippen LogP contribution is -2.39. The van der Waals surface area contributed by atoms with E-state index in [1.807, 2.05) is 0 Å². The summed E-state index contributed by atoms with van der Waals surface area (Å²) in [5.41, 5.74) is 1.23. The maximum absolute atomic E-state index is 14.5. The molecule has 2 aromatic heterocycles. The van der Waals surface area contributed by atoms with Crippen LogP contribution in [0.3, 0.4) is 0 Å². The largest absolute Gasteiger partial charge is 0.369 e. The quantitative estimate of drug-likeness (QED) is 0.389. The molecule has 6 nitrogen and oxygen atoms in total. The molecule has 0 aliphatic heterocycles. The Bertz CT molecular complexity index is 1070. The number of nitrogen functional groups attached to an aromatic ring is 1. The van der Waals surface area contributed by atoms with E-state index in [9.17, 15) is 35.5 Å². The zero-order valence-corrected chi connectivity index (χ0v) is 13.5. The van der Waals surface area contributed by atoms with Crippen molar-refractivity contribution >= 4 is 29.5 Å². The fourth-order valence-corrected chi connectivity index (χ4v) is 2.32. The van der Waals surface area contributed by atoms with Crippen molar-refractivity contribution in [2.75, 3.05) is 5.73 Å². The fraction of sp³-hybridized carbons (Fsp3) is 0.154. The topological polar surface area (TPSA) is 89.6 Å². The molecule has 0 unspecified atom stereocenters. The predicted molar refractivity (Wildman–Crippen MR) is 79.9 cm³/mol. The van der Waals surface area contributed by atoms with Gasteiger partial charge in [-0.1, -0.05) is 0 Å². The molecule has 3 N–H and O–H groups in total. The van der Waals surface area contributed by atoms with Crippen LogP contribution in [0.4, 0.5) is 36.7 Å². The smallest absolute Gasteiger partial charge is 0.338 e. The van der Waals surface area contributed by atoms with Crippen LogP contribution in [0.5, 0.6) is 0 Å². The minimum absolute atomic E-state index is 0. The number of nitrogens with zero attached hydrogens (tertiary/aromatic N) is 3. The molecule has 0 aliphatic carbocycles. The van der Waals surface area contributed by atoms with Crippen molar-refractivity contribution in [1.29, 1.82) is 0 Å². The summed E-state index contributed by atoms with van der Waals surface area (Å²) < 4.78 is 95.2. The van der Waals surface area contributed by atoms with Crippen LogP contribution in [0.1, 0.15) is 5.56 Å². The first-order valence-corrected chi connectivity index (χ1v) is 6.66. The number of nitrogens with two attached hydrogens (primary N) is 1. The van der Waals surface area contributed by atoms with Gasteiger partial charge in [0.1, 0.15) is 0 Å².